The maximum Gasteiger partial charge on any atom is 0.317 e. The number of urea groups is 1. The van der Waals surface area contributed by atoms with E-state index in [9.17, 15) is 14.7 Å². The van der Waals surface area contributed by atoms with E-state index in [0.717, 1.165) is 12.8 Å². The van der Waals surface area contributed by atoms with Crippen molar-refractivity contribution >= 4 is 12.0 Å². The molecule has 0 aliphatic carbocycles. The van der Waals surface area contributed by atoms with E-state index in [1.165, 1.54) is 11.8 Å². The lowest BCUT2D eigenvalue weighted by atomic mass is 10.0. The predicted molar refractivity (Wildman–Crippen MR) is 69.8 cm³/mol. The summed E-state index contributed by atoms with van der Waals surface area (Å²) < 4.78 is 0. The summed E-state index contributed by atoms with van der Waals surface area (Å²) in [6, 6.07) is -0.409. The van der Waals surface area contributed by atoms with E-state index < -0.39 is 24.0 Å². The number of aliphatic hydroxyl groups excluding tert-OH is 1. The van der Waals surface area contributed by atoms with E-state index in [1.807, 2.05) is 6.92 Å². The molecule has 0 aliphatic heterocycles. The molecule has 0 aromatic carbocycles. The predicted octanol–water partition coefficient (Wildman–Crippen LogP) is 0.0161. The van der Waals surface area contributed by atoms with Crippen molar-refractivity contribution < 1.29 is 24.9 Å². The average molecular weight is 276 g/mol. The van der Waals surface area contributed by atoms with Gasteiger partial charge in [-0.05, 0) is 13.3 Å². The number of hydrogen-bond acceptors (Lipinski definition) is 4. The molecule has 0 heterocycles. The Morgan fingerprint density at radius 2 is 1.95 bits per heavy atom. The summed E-state index contributed by atoms with van der Waals surface area (Å²) in [6.45, 7) is 3.79. The first-order valence-electron chi connectivity index (χ1n) is 6.40. The Bertz CT molecular complexity index is 294. The van der Waals surface area contributed by atoms with E-state index in [2.05, 4.69) is 5.32 Å². The number of carbonyl (C=O) groups excluding carboxylic acids is 1. The molecule has 19 heavy (non-hydrogen) atoms. The molecule has 0 saturated heterocycles. The number of aliphatic carboxylic acids is 1. The molecule has 1 unspecified atom stereocenters. The van der Waals surface area contributed by atoms with E-state index in [4.69, 9.17) is 10.2 Å². The van der Waals surface area contributed by atoms with Gasteiger partial charge in [-0.2, -0.15) is 0 Å². The van der Waals surface area contributed by atoms with Crippen LogP contribution in [0.15, 0.2) is 0 Å². The highest BCUT2D eigenvalue weighted by atomic mass is 16.4. The number of carboxylic acids is 1. The first-order valence-corrected chi connectivity index (χ1v) is 6.40. The lowest BCUT2D eigenvalue weighted by Crippen LogP contribution is -2.48. The third-order valence-electron chi connectivity index (χ3n) is 2.59. The average Bonchev–Trinajstić information content (AvgIpc) is 2.30. The van der Waals surface area contributed by atoms with Gasteiger partial charge in [0.25, 0.3) is 0 Å². The number of nitrogens with one attached hydrogen (secondary N) is 1. The van der Waals surface area contributed by atoms with Crippen molar-refractivity contribution in [3.05, 3.63) is 0 Å². The van der Waals surface area contributed by atoms with Gasteiger partial charge in [-0.3, -0.25) is 4.79 Å². The summed E-state index contributed by atoms with van der Waals surface area (Å²) in [4.78, 5) is 23.8. The SMILES string of the molecule is CCCCN(CCO)C(=O)NCC(C)(O)CC(=O)O. The monoisotopic (exact) mass is 276 g/mol. The Balaban J connectivity index is 4.27. The maximum atomic E-state index is 11.8. The highest BCUT2D eigenvalue weighted by molar-refractivity contribution is 5.74. The summed E-state index contributed by atoms with van der Waals surface area (Å²) >= 11 is 0. The molecule has 7 nitrogen and oxygen atoms in total. The van der Waals surface area contributed by atoms with Gasteiger partial charge in [0, 0.05) is 19.6 Å². The quantitative estimate of drug-likeness (QED) is 0.474. The van der Waals surface area contributed by atoms with E-state index >= 15 is 0 Å². The normalized spacial score (nSPS) is 13.7. The Kier molecular flexibility index (Phi) is 8.09. The van der Waals surface area contributed by atoms with Gasteiger partial charge >= 0.3 is 12.0 Å². The molecule has 1 atom stereocenters. The number of nitrogens with zero attached hydrogens (tertiary/aromatic N) is 1. The molecular formula is C12H24N2O5. The highest BCUT2D eigenvalue weighted by Gasteiger charge is 2.25. The minimum atomic E-state index is -1.49. The van der Waals surface area contributed by atoms with Crippen LogP contribution in [-0.4, -0.2) is 64.1 Å². The number of amides is 2. The van der Waals surface area contributed by atoms with Crippen LogP contribution in [0.2, 0.25) is 0 Å². The van der Waals surface area contributed by atoms with Gasteiger partial charge in [-0.1, -0.05) is 13.3 Å². The van der Waals surface area contributed by atoms with Gasteiger partial charge in [-0.15, -0.1) is 0 Å². The maximum absolute atomic E-state index is 11.8. The Labute approximate surface area is 113 Å². The topological polar surface area (TPSA) is 110 Å². The molecule has 0 aliphatic rings. The van der Waals surface area contributed by atoms with Gasteiger partial charge in [-0.25, -0.2) is 4.79 Å². The van der Waals surface area contributed by atoms with Crippen LogP contribution in [-0.2, 0) is 4.79 Å². The highest BCUT2D eigenvalue weighted by Crippen LogP contribution is 2.07. The zero-order valence-corrected chi connectivity index (χ0v) is 11.6. The molecule has 112 valence electrons. The van der Waals surface area contributed by atoms with Gasteiger partial charge in [0.05, 0.1) is 18.6 Å². The fourth-order valence-corrected chi connectivity index (χ4v) is 1.55. The van der Waals surface area contributed by atoms with Crippen molar-refractivity contribution in [2.45, 2.75) is 38.7 Å². The van der Waals surface area contributed by atoms with Crippen LogP contribution in [0.25, 0.3) is 0 Å². The number of aliphatic hydroxyl groups is 2. The van der Waals surface area contributed by atoms with E-state index in [0.29, 0.717) is 6.54 Å². The minimum Gasteiger partial charge on any atom is -0.481 e. The number of unbranched alkanes of at least 4 members (excludes halogenated alkanes) is 1. The number of carbonyl (C=O) groups is 2. The molecule has 0 radical (unpaired) electrons. The first-order chi connectivity index (χ1) is 8.82. The summed E-state index contributed by atoms with van der Waals surface area (Å²) in [5.41, 5.74) is -1.49. The zero-order valence-electron chi connectivity index (χ0n) is 11.6. The standard InChI is InChI=1S/C12H24N2O5/c1-3-4-5-14(6-7-15)11(18)13-9-12(2,19)8-10(16)17/h15,19H,3-9H2,1-2H3,(H,13,18)(H,16,17). The Morgan fingerprint density at radius 1 is 1.32 bits per heavy atom. The van der Waals surface area contributed by atoms with Crippen LogP contribution in [0.5, 0.6) is 0 Å². The number of carboxylic acid groups (broad SMARTS) is 1. The molecule has 2 amide bonds. The van der Waals surface area contributed by atoms with Crippen LogP contribution in [0.3, 0.4) is 0 Å². The molecule has 0 aromatic rings. The second-order valence-electron chi connectivity index (χ2n) is 4.79. The fourth-order valence-electron chi connectivity index (χ4n) is 1.55. The minimum absolute atomic E-state index is 0.136. The van der Waals surface area contributed by atoms with Crippen molar-refractivity contribution in [1.29, 1.82) is 0 Å². The third-order valence-corrected chi connectivity index (χ3v) is 2.59. The van der Waals surface area contributed by atoms with Gasteiger partial charge < -0.3 is 25.5 Å². The van der Waals surface area contributed by atoms with Crippen molar-refractivity contribution in [3.63, 3.8) is 0 Å². The molecule has 4 N–H and O–H groups in total. The molecule has 0 spiro atoms. The largest absolute Gasteiger partial charge is 0.481 e. The lowest BCUT2D eigenvalue weighted by Gasteiger charge is -2.26. The van der Waals surface area contributed by atoms with Crippen LogP contribution < -0.4 is 5.32 Å². The fraction of sp³-hybridized carbons (Fsp3) is 0.833. The second kappa shape index (κ2) is 8.71. The number of hydrogen-bond donors (Lipinski definition) is 4. The molecule has 0 rings (SSSR count). The van der Waals surface area contributed by atoms with Gasteiger partial charge in [0.15, 0.2) is 0 Å². The smallest absolute Gasteiger partial charge is 0.317 e. The molecule has 7 heteroatoms. The third kappa shape index (κ3) is 8.39. The Morgan fingerprint density at radius 3 is 2.42 bits per heavy atom. The summed E-state index contributed by atoms with van der Waals surface area (Å²) in [6.07, 6.45) is 1.30. The molecular weight excluding hydrogens is 252 g/mol. The summed E-state index contributed by atoms with van der Waals surface area (Å²) in [5.74, 6) is -1.13. The summed E-state index contributed by atoms with van der Waals surface area (Å²) in [7, 11) is 0. The van der Waals surface area contributed by atoms with Crippen LogP contribution in [0.4, 0.5) is 4.79 Å². The number of rotatable bonds is 9. The van der Waals surface area contributed by atoms with Crippen molar-refractivity contribution in [2.75, 3.05) is 26.2 Å². The van der Waals surface area contributed by atoms with Crippen molar-refractivity contribution in [1.82, 2.24) is 10.2 Å². The summed E-state index contributed by atoms with van der Waals surface area (Å²) in [5, 5.41) is 29.7. The van der Waals surface area contributed by atoms with Crippen LogP contribution in [0, 0.1) is 0 Å². The van der Waals surface area contributed by atoms with Gasteiger partial charge in [0.1, 0.15) is 0 Å². The molecule has 0 fully saturated rings. The van der Waals surface area contributed by atoms with E-state index in [1.54, 1.807) is 0 Å². The van der Waals surface area contributed by atoms with Crippen molar-refractivity contribution in [2.24, 2.45) is 0 Å². The van der Waals surface area contributed by atoms with Gasteiger partial charge in [0.2, 0.25) is 0 Å². The zero-order chi connectivity index (χ0) is 14.9. The van der Waals surface area contributed by atoms with Crippen molar-refractivity contribution in [3.8, 4) is 0 Å². The molecule has 0 bridgehead atoms. The van der Waals surface area contributed by atoms with Crippen LogP contribution >= 0.6 is 0 Å². The molecule has 0 aromatic heterocycles. The molecule has 0 saturated carbocycles. The van der Waals surface area contributed by atoms with E-state index in [-0.39, 0.29) is 19.7 Å². The Hall–Kier alpha value is -1.34. The lowest BCUT2D eigenvalue weighted by molar-refractivity contribution is -0.141. The van der Waals surface area contributed by atoms with Crippen LogP contribution in [0.1, 0.15) is 33.1 Å². The first kappa shape index (κ1) is 17.7. The second-order valence-corrected chi connectivity index (χ2v) is 4.79.